The van der Waals surface area contributed by atoms with E-state index in [1.165, 1.54) is 44.4 Å². The van der Waals surface area contributed by atoms with Crippen molar-refractivity contribution in [3.8, 4) is 0 Å². The third-order valence-corrected chi connectivity index (χ3v) is 7.66. The number of hydrogen-bond donors (Lipinski definition) is 1. The predicted octanol–water partition coefficient (Wildman–Crippen LogP) is 5.28. The number of rotatable bonds is 12. The highest BCUT2D eigenvalue weighted by molar-refractivity contribution is 6.09. The number of amides is 1. The molecule has 11 nitrogen and oxygen atoms in total. The maximum atomic E-state index is 14.1. The first-order chi connectivity index (χ1) is 19.8. The van der Waals surface area contributed by atoms with Crippen molar-refractivity contribution < 1.29 is 28.7 Å². The van der Waals surface area contributed by atoms with Crippen LogP contribution in [0.2, 0.25) is 0 Å². The van der Waals surface area contributed by atoms with Crippen LogP contribution in [0.5, 0.6) is 0 Å². The molecule has 1 fully saturated rings. The summed E-state index contributed by atoms with van der Waals surface area (Å²) >= 11 is 0. The Labute approximate surface area is 239 Å². The number of non-ortho nitro benzene ring substituents is 1. The first-order valence-corrected chi connectivity index (χ1v) is 13.9. The van der Waals surface area contributed by atoms with Crippen molar-refractivity contribution in [1.82, 2.24) is 9.88 Å². The van der Waals surface area contributed by atoms with Crippen LogP contribution >= 0.6 is 0 Å². The Hall–Kier alpha value is -3.80. The number of hydrogen-bond acceptors (Lipinski definition) is 8. The molecule has 1 saturated carbocycles. The van der Waals surface area contributed by atoms with E-state index in [2.05, 4.69) is 16.9 Å². The van der Waals surface area contributed by atoms with Crippen molar-refractivity contribution in [2.45, 2.75) is 57.9 Å². The molecule has 0 radical (unpaired) electrons. The number of nitro benzene ring substituents is 1. The molecule has 1 heterocycles. The number of nitrogens with one attached hydrogen (secondary N) is 1. The predicted molar refractivity (Wildman–Crippen MR) is 155 cm³/mol. The molecule has 4 rings (SSSR count). The van der Waals surface area contributed by atoms with Gasteiger partial charge < -0.3 is 24.1 Å². The molecule has 220 valence electrons. The molecule has 0 saturated heterocycles. The number of carbonyl (C=O) groups excluding carboxylic acids is 2. The number of fused-ring (bicyclic) bond motifs is 1. The van der Waals surface area contributed by atoms with Gasteiger partial charge in [-0.1, -0.05) is 31.4 Å². The normalized spacial score (nSPS) is 14.1. The van der Waals surface area contributed by atoms with Gasteiger partial charge in [0.25, 0.3) is 11.6 Å². The zero-order valence-corrected chi connectivity index (χ0v) is 24.1. The number of nitrogens with zero attached hydrogens (tertiary/aromatic N) is 3. The number of anilines is 1. The largest absolute Gasteiger partial charge is 0.462 e. The number of ether oxygens (including phenoxy) is 3. The highest BCUT2D eigenvalue weighted by Gasteiger charge is 2.28. The molecule has 0 bridgehead atoms. The van der Waals surface area contributed by atoms with E-state index in [0.717, 1.165) is 18.4 Å². The molecular formula is C30H38N4O7. The Kier molecular flexibility index (Phi) is 10.1. The third-order valence-electron chi connectivity index (χ3n) is 7.66. The number of esters is 1. The lowest BCUT2D eigenvalue weighted by molar-refractivity contribution is -0.383. The Bertz CT molecular complexity index is 1380. The van der Waals surface area contributed by atoms with Crippen LogP contribution in [0.25, 0.3) is 10.9 Å². The van der Waals surface area contributed by atoms with Crippen molar-refractivity contribution in [1.29, 1.82) is 0 Å². The second-order valence-corrected chi connectivity index (χ2v) is 10.3. The zero-order valence-electron chi connectivity index (χ0n) is 24.1. The van der Waals surface area contributed by atoms with Crippen LogP contribution in [0.4, 0.5) is 11.4 Å². The first-order valence-electron chi connectivity index (χ1n) is 13.9. The molecule has 1 aromatic heterocycles. The van der Waals surface area contributed by atoms with Gasteiger partial charge in [0.05, 0.1) is 23.6 Å². The number of benzene rings is 2. The van der Waals surface area contributed by atoms with E-state index in [4.69, 9.17) is 14.2 Å². The lowest BCUT2D eigenvalue weighted by atomic mass is 9.94. The van der Waals surface area contributed by atoms with Gasteiger partial charge in [0, 0.05) is 43.9 Å². The van der Waals surface area contributed by atoms with Crippen molar-refractivity contribution in [3.05, 3.63) is 69.4 Å². The van der Waals surface area contributed by atoms with E-state index in [1.807, 2.05) is 0 Å². The highest BCUT2D eigenvalue weighted by Crippen LogP contribution is 2.31. The molecule has 11 heteroatoms. The summed E-state index contributed by atoms with van der Waals surface area (Å²) in [6.07, 6.45) is 5.02. The minimum Gasteiger partial charge on any atom is -0.462 e. The van der Waals surface area contributed by atoms with Crippen LogP contribution in [0.1, 0.15) is 65.4 Å². The maximum absolute atomic E-state index is 14.1. The Morgan fingerprint density at radius 1 is 1.10 bits per heavy atom. The van der Waals surface area contributed by atoms with Crippen LogP contribution in [0, 0.1) is 10.1 Å². The van der Waals surface area contributed by atoms with E-state index in [-0.39, 0.29) is 30.0 Å². The molecule has 0 aliphatic heterocycles. The fourth-order valence-corrected chi connectivity index (χ4v) is 5.47. The monoisotopic (exact) mass is 566 g/mol. The van der Waals surface area contributed by atoms with E-state index in [0.29, 0.717) is 29.2 Å². The van der Waals surface area contributed by atoms with Crippen LogP contribution in [-0.4, -0.2) is 73.4 Å². The molecule has 0 atom stereocenters. The minimum atomic E-state index is -0.744. The maximum Gasteiger partial charge on any atom is 0.338 e. The fraction of sp³-hybridized carbons (Fsp3) is 0.467. The van der Waals surface area contributed by atoms with Crippen molar-refractivity contribution in [2.24, 2.45) is 0 Å². The Balaban J connectivity index is 1.79. The molecule has 41 heavy (non-hydrogen) atoms. The number of aromatic amines is 1. The standard InChI is InChI=1S/C30H38N4O7/c1-5-41-30(36)21-14-15-25(22(16-21)18-32(2)23-11-7-6-8-12-23)33(19-27(39-3)40-4)29(35)24-17-20-10-9-13-26(34(37)38)28(20)31-24/h9-10,13-17,23,27,31H,5-8,11-12,18-19H2,1-4H3. The quantitative estimate of drug-likeness (QED) is 0.136. The number of para-hydroxylation sites is 1. The van der Waals surface area contributed by atoms with Gasteiger partial charge in [0.1, 0.15) is 11.2 Å². The first kappa shape index (κ1) is 30.2. The minimum absolute atomic E-state index is 0.0438. The molecule has 1 N–H and O–H groups in total. The topological polar surface area (TPSA) is 127 Å². The number of aromatic nitrogens is 1. The van der Waals surface area contributed by atoms with Gasteiger partial charge in [-0.3, -0.25) is 19.8 Å². The summed E-state index contributed by atoms with van der Waals surface area (Å²) in [5, 5.41) is 12.1. The Morgan fingerprint density at radius 2 is 1.83 bits per heavy atom. The molecule has 2 aromatic carbocycles. The van der Waals surface area contributed by atoms with Gasteiger partial charge in [0.2, 0.25) is 0 Å². The molecule has 1 aliphatic carbocycles. The van der Waals surface area contributed by atoms with E-state index in [1.54, 1.807) is 43.3 Å². The van der Waals surface area contributed by atoms with Crippen LogP contribution in [-0.2, 0) is 20.8 Å². The number of nitro groups is 1. The van der Waals surface area contributed by atoms with Crippen molar-refractivity contribution >= 4 is 34.2 Å². The highest BCUT2D eigenvalue weighted by atomic mass is 16.7. The summed E-state index contributed by atoms with van der Waals surface area (Å²) in [5.74, 6) is -0.854. The molecule has 0 unspecified atom stereocenters. The second kappa shape index (κ2) is 13.7. The summed E-state index contributed by atoms with van der Waals surface area (Å²) in [7, 11) is 5.04. The molecule has 1 amide bonds. The molecular weight excluding hydrogens is 528 g/mol. The molecule has 0 spiro atoms. The van der Waals surface area contributed by atoms with Gasteiger partial charge in [-0.2, -0.15) is 0 Å². The van der Waals surface area contributed by atoms with Gasteiger partial charge in [-0.25, -0.2) is 4.79 Å². The van der Waals surface area contributed by atoms with Crippen molar-refractivity contribution in [3.63, 3.8) is 0 Å². The molecule has 1 aliphatic rings. The van der Waals surface area contributed by atoms with Gasteiger partial charge in [-0.05, 0) is 56.6 Å². The zero-order chi connectivity index (χ0) is 29.5. The van der Waals surface area contributed by atoms with Gasteiger partial charge in [-0.15, -0.1) is 0 Å². The summed E-state index contributed by atoms with van der Waals surface area (Å²) in [6, 6.07) is 11.8. The van der Waals surface area contributed by atoms with Crippen molar-refractivity contribution in [2.75, 3.05) is 39.3 Å². The van der Waals surface area contributed by atoms with Crippen LogP contribution in [0.3, 0.4) is 0 Å². The third kappa shape index (κ3) is 6.92. The van der Waals surface area contributed by atoms with Gasteiger partial charge in [0.15, 0.2) is 6.29 Å². The Morgan fingerprint density at radius 3 is 2.49 bits per heavy atom. The number of H-pyrrole nitrogens is 1. The second-order valence-electron chi connectivity index (χ2n) is 10.3. The molecule has 3 aromatic rings. The number of carbonyl (C=O) groups is 2. The summed E-state index contributed by atoms with van der Waals surface area (Å²) in [6.45, 7) is 2.55. The van der Waals surface area contributed by atoms with Gasteiger partial charge >= 0.3 is 5.97 Å². The number of methoxy groups -OCH3 is 2. The average molecular weight is 567 g/mol. The lowest BCUT2D eigenvalue weighted by Crippen LogP contribution is -2.40. The van der Waals surface area contributed by atoms with Crippen LogP contribution in [0.15, 0.2) is 42.5 Å². The lowest BCUT2D eigenvalue weighted by Gasteiger charge is -2.33. The van der Waals surface area contributed by atoms with Crippen LogP contribution < -0.4 is 4.90 Å². The SMILES string of the molecule is CCOC(=O)c1ccc(N(CC(OC)OC)C(=O)c2cc3cccc([N+](=O)[O-])c3[nH]2)c(CN(C)C2CCCCC2)c1. The van der Waals surface area contributed by atoms with E-state index in [9.17, 15) is 19.7 Å². The fourth-order valence-electron chi connectivity index (χ4n) is 5.47. The average Bonchev–Trinajstić information content (AvgIpc) is 3.43. The van der Waals surface area contributed by atoms with E-state index < -0.39 is 23.1 Å². The smallest absolute Gasteiger partial charge is 0.338 e. The van der Waals surface area contributed by atoms with E-state index >= 15 is 0 Å². The summed E-state index contributed by atoms with van der Waals surface area (Å²) in [4.78, 5) is 44.7. The summed E-state index contributed by atoms with van der Waals surface area (Å²) < 4.78 is 16.2. The summed E-state index contributed by atoms with van der Waals surface area (Å²) in [5.41, 5.74) is 2.08.